The Labute approximate surface area is 147 Å². The van der Waals surface area contributed by atoms with Crippen molar-refractivity contribution in [1.82, 2.24) is 15.2 Å². The number of rotatable bonds is 3. The van der Waals surface area contributed by atoms with Crippen molar-refractivity contribution in [1.29, 1.82) is 0 Å². The molecule has 1 heterocycles. The Morgan fingerprint density at radius 2 is 1.79 bits per heavy atom. The van der Waals surface area contributed by atoms with Gasteiger partial charge in [0.2, 0.25) is 0 Å². The number of nitrogens with zero attached hydrogens (tertiary/aromatic N) is 2. The average molecular weight is 341 g/mol. The lowest BCUT2D eigenvalue weighted by Crippen LogP contribution is -2.10. The second-order valence-corrected chi connectivity index (χ2v) is 7.37. The van der Waals surface area contributed by atoms with Crippen LogP contribution in [0.15, 0.2) is 42.5 Å². The summed E-state index contributed by atoms with van der Waals surface area (Å²) in [5.74, 6) is 1.45. The van der Waals surface area contributed by atoms with Gasteiger partial charge in [0.05, 0.1) is 10.7 Å². The Bertz CT molecular complexity index is 845. The summed E-state index contributed by atoms with van der Waals surface area (Å²) in [4.78, 5) is 4.55. The highest BCUT2D eigenvalue weighted by atomic mass is 35.5. The van der Waals surface area contributed by atoms with E-state index in [-0.39, 0.29) is 5.41 Å². The second-order valence-electron chi connectivity index (χ2n) is 6.97. The third-order valence-corrected chi connectivity index (χ3v) is 4.32. The van der Waals surface area contributed by atoms with E-state index in [0.717, 1.165) is 11.4 Å². The molecule has 0 aliphatic rings. The number of hydrogen-bond donors (Lipinski definition) is 2. The molecule has 3 aromatic rings. The quantitative estimate of drug-likeness (QED) is 0.685. The Kier molecular flexibility index (Phi) is 4.33. The molecule has 1 aromatic heterocycles. The third kappa shape index (κ3) is 3.60. The van der Waals surface area contributed by atoms with E-state index in [2.05, 4.69) is 60.2 Å². The maximum Gasteiger partial charge on any atom is 0.181 e. The van der Waals surface area contributed by atoms with E-state index in [1.165, 1.54) is 11.1 Å². The molecule has 0 aliphatic heterocycles. The maximum atomic E-state index is 5.95. The number of hydrogen-bond acceptors (Lipinski definition) is 3. The van der Waals surface area contributed by atoms with Gasteiger partial charge in [-0.15, -0.1) is 0 Å². The van der Waals surface area contributed by atoms with Gasteiger partial charge in [0.15, 0.2) is 5.82 Å². The minimum absolute atomic E-state index is 0.159. The zero-order valence-corrected chi connectivity index (χ0v) is 14.9. The molecule has 0 saturated heterocycles. The Hall–Kier alpha value is -2.33. The van der Waals surface area contributed by atoms with Crippen LogP contribution in [0.3, 0.4) is 0 Å². The van der Waals surface area contributed by atoms with E-state index in [1.54, 1.807) is 12.1 Å². The molecule has 0 fully saturated rings. The lowest BCUT2D eigenvalue weighted by atomic mass is 9.86. The summed E-state index contributed by atoms with van der Waals surface area (Å²) in [7, 11) is 0. The predicted molar refractivity (Wildman–Crippen MR) is 99.2 cm³/mol. The second kappa shape index (κ2) is 6.29. The molecule has 0 aliphatic carbocycles. The molecule has 0 spiro atoms. The van der Waals surface area contributed by atoms with Gasteiger partial charge in [-0.1, -0.05) is 56.6 Å². The SMILES string of the molecule is CC(C)(C)c1ccc(Cc2nc(-c3ccc(Cl)c(N)c3)n[nH]2)cc1. The standard InChI is InChI=1S/C19H21ClN4/c1-19(2,3)14-7-4-12(5-8-14)10-17-22-18(24-23-17)13-6-9-15(20)16(21)11-13/h4-9,11H,10,21H2,1-3H3,(H,22,23,24). The minimum atomic E-state index is 0.159. The molecule has 0 radical (unpaired) electrons. The molecule has 124 valence electrons. The van der Waals surface area contributed by atoms with Crippen molar-refractivity contribution < 1.29 is 0 Å². The smallest absolute Gasteiger partial charge is 0.181 e. The first-order valence-corrected chi connectivity index (χ1v) is 8.27. The number of aromatic amines is 1. The van der Waals surface area contributed by atoms with Crippen LogP contribution < -0.4 is 5.73 Å². The Morgan fingerprint density at radius 1 is 1.08 bits per heavy atom. The van der Waals surface area contributed by atoms with Crippen molar-refractivity contribution >= 4 is 17.3 Å². The highest BCUT2D eigenvalue weighted by Crippen LogP contribution is 2.25. The molecular formula is C19H21ClN4. The van der Waals surface area contributed by atoms with Crippen LogP contribution in [0, 0.1) is 0 Å². The van der Waals surface area contributed by atoms with Crippen LogP contribution in [0.2, 0.25) is 5.02 Å². The van der Waals surface area contributed by atoms with Gasteiger partial charge in [-0.2, -0.15) is 5.10 Å². The number of nitrogens with one attached hydrogen (secondary N) is 1. The van der Waals surface area contributed by atoms with Gasteiger partial charge in [-0.05, 0) is 34.7 Å². The Morgan fingerprint density at radius 3 is 2.42 bits per heavy atom. The summed E-state index contributed by atoms with van der Waals surface area (Å²) < 4.78 is 0. The van der Waals surface area contributed by atoms with Crippen molar-refractivity contribution in [3.63, 3.8) is 0 Å². The molecule has 0 saturated carbocycles. The zero-order valence-electron chi connectivity index (χ0n) is 14.1. The summed E-state index contributed by atoms with van der Waals surface area (Å²) in [6.07, 6.45) is 0.709. The van der Waals surface area contributed by atoms with Crippen molar-refractivity contribution in [3.05, 3.63) is 64.4 Å². The van der Waals surface area contributed by atoms with E-state index in [0.29, 0.717) is 23.0 Å². The van der Waals surface area contributed by atoms with Crippen molar-refractivity contribution in [2.45, 2.75) is 32.6 Å². The lowest BCUT2D eigenvalue weighted by molar-refractivity contribution is 0.590. The number of benzene rings is 2. The summed E-state index contributed by atoms with van der Waals surface area (Å²) >= 11 is 5.95. The molecule has 5 heteroatoms. The molecule has 0 bridgehead atoms. The van der Waals surface area contributed by atoms with Crippen molar-refractivity contribution in [2.24, 2.45) is 0 Å². The third-order valence-electron chi connectivity index (χ3n) is 3.98. The molecule has 0 unspecified atom stereocenters. The van der Waals surface area contributed by atoms with Crippen molar-refractivity contribution in [3.8, 4) is 11.4 Å². The number of anilines is 1. The lowest BCUT2D eigenvalue weighted by Gasteiger charge is -2.19. The highest BCUT2D eigenvalue weighted by Gasteiger charge is 2.13. The van der Waals surface area contributed by atoms with Crippen LogP contribution in [0.4, 0.5) is 5.69 Å². The number of nitrogens with two attached hydrogens (primary N) is 1. The van der Waals surface area contributed by atoms with Gasteiger partial charge in [-0.25, -0.2) is 4.98 Å². The predicted octanol–water partition coefficient (Wildman–Crippen LogP) is 4.60. The molecule has 3 rings (SSSR count). The van der Waals surface area contributed by atoms with Crippen LogP contribution in [-0.2, 0) is 11.8 Å². The van der Waals surface area contributed by atoms with Gasteiger partial charge >= 0.3 is 0 Å². The fraction of sp³-hybridized carbons (Fsp3) is 0.263. The van der Waals surface area contributed by atoms with E-state index in [4.69, 9.17) is 17.3 Å². The normalized spacial score (nSPS) is 11.7. The van der Waals surface area contributed by atoms with Crippen LogP contribution in [-0.4, -0.2) is 15.2 Å². The summed E-state index contributed by atoms with van der Waals surface area (Å²) in [6, 6.07) is 14.0. The van der Waals surface area contributed by atoms with Gasteiger partial charge in [0.1, 0.15) is 5.82 Å². The Balaban J connectivity index is 1.77. The summed E-state index contributed by atoms with van der Waals surface area (Å²) in [6.45, 7) is 6.63. The molecule has 2 aromatic carbocycles. The monoisotopic (exact) mass is 340 g/mol. The number of aromatic nitrogens is 3. The maximum absolute atomic E-state index is 5.95. The molecular weight excluding hydrogens is 320 g/mol. The molecule has 0 atom stereocenters. The first-order valence-electron chi connectivity index (χ1n) is 7.89. The fourth-order valence-corrected chi connectivity index (χ4v) is 2.62. The topological polar surface area (TPSA) is 67.6 Å². The van der Waals surface area contributed by atoms with Crippen molar-refractivity contribution in [2.75, 3.05) is 5.73 Å². The van der Waals surface area contributed by atoms with Gasteiger partial charge < -0.3 is 5.73 Å². The molecule has 24 heavy (non-hydrogen) atoms. The number of halogens is 1. The number of H-pyrrole nitrogens is 1. The van der Waals surface area contributed by atoms with Crippen LogP contribution in [0.25, 0.3) is 11.4 Å². The van der Waals surface area contributed by atoms with E-state index in [9.17, 15) is 0 Å². The average Bonchev–Trinajstić information content (AvgIpc) is 2.98. The first kappa shape index (κ1) is 16.5. The minimum Gasteiger partial charge on any atom is -0.398 e. The van der Waals surface area contributed by atoms with Crippen LogP contribution in [0.5, 0.6) is 0 Å². The molecule has 4 nitrogen and oxygen atoms in total. The van der Waals surface area contributed by atoms with E-state index in [1.807, 2.05) is 6.07 Å². The first-order chi connectivity index (χ1) is 11.3. The number of nitrogen functional groups attached to an aromatic ring is 1. The molecule has 3 N–H and O–H groups in total. The highest BCUT2D eigenvalue weighted by molar-refractivity contribution is 6.33. The van der Waals surface area contributed by atoms with Crippen LogP contribution in [0.1, 0.15) is 37.7 Å². The summed E-state index contributed by atoms with van der Waals surface area (Å²) in [5, 5.41) is 7.81. The van der Waals surface area contributed by atoms with E-state index < -0.39 is 0 Å². The fourth-order valence-electron chi connectivity index (χ4n) is 2.50. The van der Waals surface area contributed by atoms with Gasteiger partial charge in [0.25, 0.3) is 0 Å². The van der Waals surface area contributed by atoms with Crippen LogP contribution >= 0.6 is 11.6 Å². The zero-order chi connectivity index (χ0) is 17.3. The summed E-state index contributed by atoms with van der Waals surface area (Å²) in [5.41, 5.74) is 9.89. The van der Waals surface area contributed by atoms with Gasteiger partial charge in [0, 0.05) is 12.0 Å². The largest absolute Gasteiger partial charge is 0.398 e. The van der Waals surface area contributed by atoms with Gasteiger partial charge in [-0.3, -0.25) is 5.10 Å². The molecule has 0 amide bonds. The van der Waals surface area contributed by atoms with E-state index >= 15 is 0 Å².